The molecule has 0 fully saturated rings. The molecule has 1 amide bonds. The molecular formula is C11H13ClN2O4S. The number of rotatable bonds is 5. The number of carbonyl (C=O) groups excluding carboxylic acids is 1. The highest BCUT2D eigenvalue weighted by Gasteiger charge is 2.24. The van der Waals surface area contributed by atoms with E-state index in [0.29, 0.717) is 0 Å². The maximum atomic E-state index is 11.9. The average molecular weight is 305 g/mol. The molecule has 8 heteroatoms. The Kier molecular flexibility index (Phi) is 5.44. The fraction of sp³-hybridized carbons (Fsp3) is 0.364. The molecule has 19 heavy (non-hydrogen) atoms. The van der Waals surface area contributed by atoms with Gasteiger partial charge in [-0.15, -0.1) is 0 Å². The van der Waals surface area contributed by atoms with Crippen LogP contribution in [0.25, 0.3) is 0 Å². The van der Waals surface area contributed by atoms with Crippen molar-refractivity contribution >= 4 is 34.0 Å². The minimum Gasteiger partial charge on any atom is -0.348 e. The van der Waals surface area contributed by atoms with Crippen LogP contribution < -0.4 is 5.32 Å². The predicted octanol–water partition coefficient (Wildman–Crippen LogP) is 1.74. The van der Waals surface area contributed by atoms with Crippen LogP contribution in [0.5, 0.6) is 0 Å². The minimum atomic E-state index is -1.06. The lowest BCUT2D eigenvalue weighted by atomic mass is 10.1. The molecule has 2 atom stereocenters. The molecule has 0 aromatic heterocycles. The Balaban J connectivity index is 2.97. The van der Waals surface area contributed by atoms with Crippen molar-refractivity contribution in [2.24, 2.45) is 0 Å². The molecule has 0 aliphatic carbocycles. The molecule has 1 rings (SSSR count). The van der Waals surface area contributed by atoms with E-state index >= 15 is 0 Å². The standard InChI is InChI=1S/C11H13ClN2O4S/c1-7(6-19(2)18)13-11(15)8-4-3-5-9(12)10(8)14(16)17/h3-5,7H,6H2,1-2H3,(H,13,15). The van der Waals surface area contributed by atoms with E-state index in [-0.39, 0.29) is 22.4 Å². The number of hydrogen-bond donors (Lipinski definition) is 1. The van der Waals surface area contributed by atoms with Crippen LogP contribution in [-0.2, 0) is 10.8 Å². The van der Waals surface area contributed by atoms with Crippen molar-refractivity contribution in [1.29, 1.82) is 0 Å². The number of benzene rings is 1. The first-order valence-electron chi connectivity index (χ1n) is 5.36. The van der Waals surface area contributed by atoms with Gasteiger partial charge in [0.15, 0.2) is 0 Å². The monoisotopic (exact) mass is 304 g/mol. The number of nitrogens with one attached hydrogen (secondary N) is 1. The number of nitrogens with zero attached hydrogens (tertiary/aromatic N) is 1. The summed E-state index contributed by atoms with van der Waals surface area (Å²) >= 11 is 5.72. The van der Waals surface area contributed by atoms with Crippen molar-refractivity contribution in [3.05, 3.63) is 38.9 Å². The molecule has 0 heterocycles. The third kappa shape index (κ3) is 4.29. The number of nitro benzene ring substituents is 1. The van der Waals surface area contributed by atoms with E-state index < -0.39 is 27.3 Å². The Bertz CT molecular complexity index is 535. The van der Waals surface area contributed by atoms with Crippen LogP contribution in [0.1, 0.15) is 17.3 Å². The van der Waals surface area contributed by atoms with Gasteiger partial charge in [-0.2, -0.15) is 0 Å². The molecule has 0 aliphatic heterocycles. The predicted molar refractivity (Wildman–Crippen MR) is 74.0 cm³/mol. The van der Waals surface area contributed by atoms with Crippen molar-refractivity contribution in [2.75, 3.05) is 12.0 Å². The Morgan fingerprint density at radius 3 is 2.74 bits per heavy atom. The van der Waals surface area contributed by atoms with Crippen molar-refractivity contribution in [3.63, 3.8) is 0 Å². The average Bonchev–Trinajstić information content (AvgIpc) is 2.26. The molecule has 1 aromatic rings. The SMILES string of the molecule is CC(CS(C)=O)NC(=O)c1cccc(Cl)c1[N+](=O)[O-]. The second-order valence-corrected chi connectivity index (χ2v) is 5.89. The van der Waals surface area contributed by atoms with Gasteiger partial charge in [0.2, 0.25) is 0 Å². The number of para-hydroxylation sites is 1. The number of halogens is 1. The molecule has 104 valence electrons. The largest absolute Gasteiger partial charge is 0.348 e. The number of hydrogen-bond acceptors (Lipinski definition) is 4. The maximum Gasteiger partial charge on any atom is 0.300 e. The Labute approximate surface area is 117 Å². The van der Waals surface area contributed by atoms with E-state index in [2.05, 4.69) is 5.32 Å². The van der Waals surface area contributed by atoms with Gasteiger partial charge in [-0.25, -0.2) is 0 Å². The van der Waals surface area contributed by atoms with E-state index in [1.807, 2.05) is 0 Å². The van der Waals surface area contributed by atoms with Gasteiger partial charge in [0.1, 0.15) is 10.6 Å². The van der Waals surface area contributed by atoms with Gasteiger partial charge in [-0.05, 0) is 19.1 Å². The van der Waals surface area contributed by atoms with Gasteiger partial charge in [0.25, 0.3) is 5.91 Å². The van der Waals surface area contributed by atoms with Crippen LogP contribution in [0.2, 0.25) is 5.02 Å². The maximum absolute atomic E-state index is 11.9. The molecule has 0 saturated carbocycles. The van der Waals surface area contributed by atoms with Gasteiger partial charge < -0.3 is 5.32 Å². The summed E-state index contributed by atoms with van der Waals surface area (Å²) in [7, 11) is -1.06. The first-order chi connectivity index (χ1) is 8.82. The lowest BCUT2D eigenvalue weighted by molar-refractivity contribution is -0.385. The molecule has 1 N–H and O–H groups in total. The van der Waals surface area contributed by atoms with Gasteiger partial charge in [-0.1, -0.05) is 17.7 Å². The molecule has 1 aromatic carbocycles. The molecule has 0 aliphatic rings. The summed E-state index contributed by atoms with van der Waals surface area (Å²) in [5.74, 6) is -0.327. The lowest BCUT2D eigenvalue weighted by Gasteiger charge is -2.12. The smallest absolute Gasteiger partial charge is 0.300 e. The summed E-state index contributed by atoms with van der Waals surface area (Å²) in [4.78, 5) is 22.1. The highest BCUT2D eigenvalue weighted by atomic mass is 35.5. The summed E-state index contributed by atoms with van der Waals surface area (Å²) in [6.07, 6.45) is 1.52. The van der Waals surface area contributed by atoms with E-state index in [0.717, 1.165) is 0 Å². The molecule has 0 bridgehead atoms. The quantitative estimate of drug-likeness (QED) is 0.663. The van der Waals surface area contributed by atoms with Gasteiger partial charge >= 0.3 is 5.69 Å². The number of carbonyl (C=O) groups is 1. The van der Waals surface area contributed by atoms with Crippen LogP contribution in [0.4, 0.5) is 5.69 Å². The molecular weight excluding hydrogens is 292 g/mol. The molecule has 0 spiro atoms. The van der Waals surface area contributed by atoms with Crippen LogP contribution in [-0.4, -0.2) is 33.1 Å². The third-order valence-corrected chi connectivity index (χ3v) is 3.55. The summed E-state index contributed by atoms with van der Waals surface area (Å²) in [5, 5.41) is 13.4. The zero-order valence-electron chi connectivity index (χ0n) is 10.4. The van der Waals surface area contributed by atoms with Crippen LogP contribution >= 0.6 is 11.6 Å². The van der Waals surface area contributed by atoms with E-state index in [4.69, 9.17) is 11.6 Å². The molecule has 0 radical (unpaired) electrons. The summed E-state index contributed by atoms with van der Waals surface area (Å²) in [6, 6.07) is 3.79. The fourth-order valence-electron chi connectivity index (χ4n) is 1.58. The Hall–Kier alpha value is -1.47. The highest BCUT2D eigenvalue weighted by Crippen LogP contribution is 2.28. The van der Waals surface area contributed by atoms with Crippen molar-refractivity contribution < 1.29 is 13.9 Å². The van der Waals surface area contributed by atoms with Crippen LogP contribution in [0, 0.1) is 10.1 Å². The Morgan fingerprint density at radius 2 is 2.21 bits per heavy atom. The molecule has 0 saturated heterocycles. The third-order valence-electron chi connectivity index (χ3n) is 2.28. The zero-order chi connectivity index (χ0) is 14.6. The second-order valence-electron chi connectivity index (χ2n) is 4.01. The number of amides is 1. The van der Waals surface area contributed by atoms with Crippen molar-refractivity contribution in [1.82, 2.24) is 5.32 Å². The highest BCUT2D eigenvalue weighted by molar-refractivity contribution is 7.84. The normalized spacial score (nSPS) is 13.6. The minimum absolute atomic E-state index is 0.0932. The molecule has 2 unspecified atom stereocenters. The number of nitro groups is 1. The van der Waals surface area contributed by atoms with Gasteiger partial charge in [0, 0.05) is 28.9 Å². The van der Waals surface area contributed by atoms with E-state index in [1.165, 1.54) is 24.5 Å². The van der Waals surface area contributed by atoms with Crippen molar-refractivity contribution in [3.8, 4) is 0 Å². The molecule has 6 nitrogen and oxygen atoms in total. The van der Waals surface area contributed by atoms with Crippen LogP contribution in [0.3, 0.4) is 0 Å². The summed E-state index contributed by atoms with van der Waals surface area (Å²) < 4.78 is 11.0. The van der Waals surface area contributed by atoms with E-state index in [1.54, 1.807) is 6.92 Å². The van der Waals surface area contributed by atoms with Crippen molar-refractivity contribution in [2.45, 2.75) is 13.0 Å². The lowest BCUT2D eigenvalue weighted by Crippen LogP contribution is -2.36. The second kappa shape index (κ2) is 6.63. The Morgan fingerprint density at radius 1 is 1.58 bits per heavy atom. The van der Waals surface area contributed by atoms with E-state index in [9.17, 15) is 19.1 Å². The van der Waals surface area contributed by atoms with Gasteiger partial charge in [-0.3, -0.25) is 19.1 Å². The van der Waals surface area contributed by atoms with Gasteiger partial charge in [0.05, 0.1) is 4.92 Å². The topological polar surface area (TPSA) is 89.3 Å². The summed E-state index contributed by atoms with van der Waals surface area (Å²) in [6.45, 7) is 1.68. The first kappa shape index (κ1) is 15.6. The fourth-order valence-corrected chi connectivity index (χ4v) is 2.61. The van der Waals surface area contributed by atoms with Crippen LogP contribution in [0.15, 0.2) is 18.2 Å². The zero-order valence-corrected chi connectivity index (χ0v) is 12.0. The first-order valence-corrected chi connectivity index (χ1v) is 7.47. The summed E-state index contributed by atoms with van der Waals surface area (Å²) in [5.41, 5.74) is -0.530.